The Morgan fingerprint density at radius 1 is 1.19 bits per heavy atom. The van der Waals surface area contributed by atoms with Crippen LogP contribution in [0.1, 0.15) is 63.3 Å². The fourth-order valence-corrected chi connectivity index (χ4v) is 4.53. The van der Waals surface area contributed by atoms with Crippen molar-refractivity contribution in [3.05, 3.63) is 59.5 Å². The van der Waals surface area contributed by atoms with E-state index in [0.29, 0.717) is 0 Å². The van der Waals surface area contributed by atoms with E-state index in [9.17, 15) is 9.18 Å². The summed E-state index contributed by atoms with van der Waals surface area (Å²) >= 11 is 0. The highest BCUT2D eigenvalue weighted by molar-refractivity contribution is 5.79. The summed E-state index contributed by atoms with van der Waals surface area (Å²) in [5.41, 5.74) is 6.55. The molecular weight excluding hydrogens is 469 g/mol. The van der Waals surface area contributed by atoms with Crippen LogP contribution in [0, 0.1) is 6.92 Å². The van der Waals surface area contributed by atoms with Crippen LogP contribution in [0.5, 0.6) is 0 Å². The number of hydrogen-bond donors (Lipinski definition) is 2. The van der Waals surface area contributed by atoms with Gasteiger partial charge in [-0.1, -0.05) is 38.1 Å². The lowest BCUT2D eigenvalue weighted by Gasteiger charge is -2.26. The van der Waals surface area contributed by atoms with Crippen LogP contribution >= 0.6 is 0 Å². The SMILES string of the molecule is Cc1cc(-c2[nH]nc(-c3ccc([C@H](C)N(C)C(=O)CNCC(C)(C)F)cc3)c2C(C)C)cn2ncnc12. The molecule has 0 unspecified atom stereocenters. The second-order valence-corrected chi connectivity index (χ2v) is 10.6. The van der Waals surface area contributed by atoms with E-state index in [4.69, 9.17) is 5.10 Å². The summed E-state index contributed by atoms with van der Waals surface area (Å²) in [6, 6.07) is 10.1. The van der Waals surface area contributed by atoms with Crippen LogP contribution in [0.15, 0.2) is 42.9 Å². The number of carbonyl (C=O) groups is 1. The Bertz CT molecular complexity index is 1380. The highest BCUT2D eigenvalue weighted by Gasteiger charge is 2.22. The molecule has 1 atom stereocenters. The van der Waals surface area contributed by atoms with Crippen LogP contribution in [0.3, 0.4) is 0 Å². The average molecular weight is 506 g/mol. The third-order valence-electron chi connectivity index (χ3n) is 6.69. The number of halogens is 1. The molecule has 0 radical (unpaired) electrons. The fourth-order valence-electron chi connectivity index (χ4n) is 4.53. The molecule has 196 valence electrons. The van der Waals surface area contributed by atoms with E-state index in [2.05, 4.69) is 40.4 Å². The maximum absolute atomic E-state index is 13.7. The zero-order chi connectivity index (χ0) is 26.9. The molecule has 0 saturated heterocycles. The van der Waals surface area contributed by atoms with E-state index in [0.717, 1.165) is 44.9 Å². The van der Waals surface area contributed by atoms with E-state index < -0.39 is 5.67 Å². The molecule has 0 fully saturated rings. The van der Waals surface area contributed by atoms with Gasteiger partial charge in [0.15, 0.2) is 5.65 Å². The summed E-state index contributed by atoms with van der Waals surface area (Å²) in [6.45, 7) is 11.5. The van der Waals surface area contributed by atoms with Crippen LogP contribution in [-0.2, 0) is 4.79 Å². The number of amides is 1. The largest absolute Gasteiger partial charge is 0.338 e. The predicted molar refractivity (Wildman–Crippen MR) is 144 cm³/mol. The zero-order valence-electron chi connectivity index (χ0n) is 22.6. The summed E-state index contributed by atoms with van der Waals surface area (Å²) in [5.74, 6) is 0.152. The van der Waals surface area contributed by atoms with Crippen molar-refractivity contribution in [2.24, 2.45) is 0 Å². The van der Waals surface area contributed by atoms with Crippen LogP contribution < -0.4 is 5.32 Å². The minimum absolute atomic E-state index is 0.0838. The lowest BCUT2D eigenvalue weighted by molar-refractivity contribution is -0.130. The standard InChI is InChI=1S/C28H36FN7O/c1-17(2)24-25(33-34-26(24)22-12-18(3)27-31-16-32-36(27)14-22)21-10-8-20(9-11-21)19(4)35(7)23(37)13-30-15-28(5,6)29/h8-12,14,16-17,19,30H,13,15H2,1-7H3,(H,33,34)/t19-/m0/s1. The number of likely N-dealkylation sites (N-methyl/N-ethyl adjacent to an activating group) is 1. The predicted octanol–water partition coefficient (Wildman–Crippen LogP) is 5.08. The molecule has 0 aliphatic heterocycles. The average Bonchev–Trinajstić information content (AvgIpc) is 3.50. The van der Waals surface area contributed by atoms with Gasteiger partial charge in [0.1, 0.15) is 12.0 Å². The molecule has 1 amide bonds. The van der Waals surface area contributed by atoms with Gasteiger partial charge < -0.3 is 10.2 Å². The third-order valence-corrected chi connectivity index (χ3v) is 6.69. The van der Waals surface area contributed by atoms with E-state index in [1.54, 1.807) is 22.8 Å². The Balaban J connectivity index is 1.56. The van der Waals surface area contributed by atoms with Gasteiger partial charge in [-0.05, 0) is 50.8 Å². The van der Waals surface area contributed by atoms with Gasteiger partial charge in [0.25, 0.3) is 0 Å². The van der Waals surface area contributed by atoms with Crippen LogP contribution in [-0.4, -0.2) is 61.4 Å². The van der Waals surface area contributed by atoms with Crippen molar-refractivity contribution in [3.63, 3.8) is 0 Å². The molecule has 3 heterocycles. The number of hydrogen-bond acceptors (Lipinski definition) is 5. The first kappa shape index (κ1) is 26.5. The number of pyridine rings is 1. The lowest BCUT2D eigenvalue weighted by atomic mass is 9.93. The summed E-state index contributed by atoms with van der Waals surface area (Å²) < 4.78 is 15.5. The minimum atomic E-state index is -1.36. The second-order valence-electron chi connectivity index (χ2n) is 10.6. The first-order valence-electron chi connectivity index (χ1n) is 12.6. The van der Waals surface area contributed by atoms with Crippen molar-refractivity contribution in [2.75, 3.05) is 20.1 Å². The van der Waals surface area contributed by atoms with Gasteiger partial charge in [0.2, 0.25) is 5.91 Å². The minimum Gasteiger partial charge on any atom is -0.338 e. The Morgan fingerprint density at radius 2 is 1.89 bits per heavy atom. The lowest BCUT2D eigenvalue weighted by Crippen LogP contribution is -2.40. The van der Waals surface area contributed by atoms with Gasteiger partial charge in [0.05, 0.1) is 24.0 Å². The molecule has 0 aliphatic rings. The van der Waals surface area contributed by atoms with Crippen LogP contribution in [0.4, 0.5) is 4.39 Å². The monoisotopic (exact) mass is 505 g/mol. The van der Waals surface area contributed by atoms with Gasteiger partial charge in [-0.25, -0.2) is 13.9 Å². The molecule has 0 bridgehead atoms. The van der Waals surface area contributed by atoms with Gasteiger partial charge in [-0.2, -0.15) is 10.2 Å². The summed E-state index contributed by atoms with van der Waals surface area (Å²) in [7, 11) is 1.77. The van der Waals surface area contributed by atoms with Crippen LogP contribution in [0.25, 0.3) is 28.2 Å². The third kappa shape index (κ3) is 5.72. The number of aromatic amines is 1. The highest BCUT2D eigenvalue weighted by Crippen LogP contribution is 2.36. The molecule has 8 nitrogen and oxygen atoms in total. The first-order valence-corrected chi connectivity index (χ1v) is 12.6. The number of H-pyrrole nitrogens is 1. The number of aromatic nitrogens is 5. The number of rotatable bonds is 9. The number of carbonyl (C=O) groups excluding carboxylic acids is 1. The fraction of sp³-hybridized carbons (Fsp3) is 0.429. The van der Waals surface area contributed by atoms with Crippen molar-refractivity contribution in [1.82, 2.24) is 35.0 Å². The molecule has 4 aromatic rings. The smallest absolute Gasteiger partial charge is 0.236 e. The maximum atomic E-state index is 13.7. The number of fused-ring (bicyclic) bond motifs is 1. The van der Waals surface area contributed by atoms with E-state index in [1.807, 2.05) is 44.3 Å². The Hall–Kier alpha value is -3.59. The van der Waals surface area contributed by atoms with Crippen molar-refractivity contribution >= 4 is 11.6 Å². The summed E-state index contributed by atoms with van der Waals surface area (Å²) in [6.07, 6.45) is 3.53. The van der Waals surface area contributed by atoms with Gasteiger partial charge >= 0.3 is 0 Å². The zero-order valence-corrected chi connectivity index (χ0v) is 22.6. The first-order chi connectivity index (χ1) is 17.5. The Morgan fingerprint density at radius 3 is 2.54 bits per heavy atom. The van der Waals surface area contributed by atoms with Gasteiger partial charge in [0, 0.05) is 36.5 Å². The Kier molecular flexibility index (Phi) is 7.45. The number of nitrogens with zero attached hydrogens (tertiary/aromatic N) is 5. The van der Waals surface area contributed by atoms with E-state index in [1.165, 1.54) is 13.8 Å². The van der Waals surface area contributed by atoms with Crippen LogP contribution in [0.2, 0.25) is 0 Å². The van der Waals surface area contributed by atoms with Crippen molar-refractivity contribution < 1.29 is 9.18 Å². The van der Waals surface area contributed by atoms with Crippen molar-refractivity contribution in [1.29, 1.82) is 0 Å². The molecule has 0 saturated carbocycles. The van der Waals surface area contributed by atoms with Gasteiger partial charge in [-0.15, -0.1) is 0 Å². The second kappa shape index (κ2) is 10.4. The molecular formula is C28H36FN7O. The molecule has 1 aromatic carbocycles. The number of nitrogens with one attached hydrogen (secondary N) is 2. The molecule has 0 spiro atoms. The molecule has 9 heteroatoms. The summed E-state index contributed by atoms with van der Waals surface area (Å²) in [5, 5.41) is 15.2. The normalized spacial score (nSPS) is 12.9. The van der Waals surface area contributed by atoms with E-state index >= 15 is 0 Å². The molecule has 0 aliphatic carbocycles. The molecule has 37 heavy (non-hydrogen) atoms. The van der Waals surface area contributed by atoms with E-state index in [-0.39, 0.29) is 31.0 Å². The highest BCUT2D eigenvalue weighted by atomic mass is 19.1. The maximum Gasteiger partial charge on any atom is 0.236 e. The quantitative estimate of drug-likeness (QED) is 0.331. The number of alkyl halides is 1. The van der Waals surface area contributed by atoms with Crippen molar-refractivity contribution in [3.8, 4) is 22.5 Å². The Labute approximate surface area is 217 Å². The molecule has 3 aromatic heterocycles. The van der Waals surface area contributed by atoms with Gasteiger partial charge in [-0.3, -0.25) is 9.89 Å². The number of aryl methyl sites for hydroxylation is 1. The molecule has 4 rings (SSSR count). The molecule has 2 N–H and O–H groups in total. The van der Waals surface area contributed by atoms with Crippen molar-refractivity contribution in [2.45, 2.75) is 59.2 Å². The number of benzene rings is 1. The summed E-state index contributed by atoms with van der Waals surface area (Å²) in [4.78, 5) is 18.6. The topological polar surface area (TPSA) is 91.2 Å².